The molecule has 0 N–H and O–H groups in total. The van der Waals surface area contributed by atoms with Crippen molar-refractivity contribution < 1.29 is 4.42 Å². The van der Waals surface area contributed by atoms with E-state index in [0.717, 1.165) is 55.6 Å². The molecule has 0 fully saturated rings. The number of hydrogen-bond donors (Lipinski definition) is 0. The summed E-state index contributed by atoms with van der Waals surface area (Å²) in [5.41, 5.74) is 13.0. The van der Waals surface area contributed by atoms with E-state index in [1.54, 1.807) is 0 Å². The fourth-order valence-corrected chi connectivity index (χ4v) is 7.54. The first kappa shape index (κ1) is 31.5. The Morgan fingerprint density at radius 3 is 1.59 bits per heavy atom. The molecule has 1 aromatic heterocycles. The molecule has 0 atom stereocenters. The first-order valence-electron chi connectivity index (χ1n) is 18.3. The summed E-state index contributed by atoms with van der Waals surface area (Å²) in [5, 5.41) is 4.70. The van der Waals surface area contributed by atoms with Crippen molar-refractivity contribution in [1.29, 1.82) is 0 Å². The number of rotatable bonds is 7. The minimum Gasteiger partial charge on any atom is -0.435 e. The number of nitrogens with zero attached hydrogens (tertiary/aromatic N) is 2. The van der Waals surface area contributed by atoms with E-state index >= 15 is 0 Å². The molecule has 10 rings (SSSR count). The lowest BCUT2D eigenvalue weighted by atomic mass is 9.97. The summed E-state index contributed by atoms with van der Waals surface area (Å²) >= 11 is 0. The normalized spacial score (nSPS) is 11.3. The van der Waals surface area contributed by atoms with Crippen LogP contribution in [0.5, 0.6) is 0 Å². The number of anilines is 3. The van der Waals surface area contributed by atoms with Gasteiger partial charge in [0.15, 0.2) is 5.58 Å². The molecule has 0 radical (unpaired) electrons. The molecule has 0 unspecified atom stereocenters. The summed E-state index contributed by atoms with van der Waals surface area (Å²) in [6.45, 7) is 0. The van der Waals surface area contributed by atoms with Crippen LogP contribution >= 0.6 is 0 Å². The Balaban J connectivity index is 0.936. The molecule has 3 heteroatoms. The van der Waals surface area contributed by atoms with Crippen LogP contribution < -0.4 is 4.90 Å². The van der Waals surface area contributed by atoms with Gasteiger partial charge >= 0.3 is 0 Å². The predicted octanol–water partition coefficient (Wildman–Crippen LogP) is 14.3. The smallest absolute Gasteiger partial charge is 0.227 e. The largest absolute Gasteiger partial charge is 0.435 e. The Bertz CT molecular complexity index is 2890. The van der Waals surface area contributed by atoms with E-state index in [0.29, 0.717) is 5.89 Å². The zero-order valence-corrected chi connectivity index (χ0v) is 29.4. The van der Waals surface area contributed by atoms with Gasteiger partial charge in [0.05, 0.1) is 0 Å². The second kappa shape index (κ2) is 13.4. The lowest BCUT2D eigenvalue weighted by Gasteiger charge is -2.26. The number of benzene rings is 9. The molecule has 0 amide bonds. The van der Waals surface area contributed by atoms with E-state index in [9.17, 15) is 0 Å². The van der Waals surface area contributed by atoms with E-state index in [2.05, 4.69) is 175 Å². The predicted molar refractivity (Wildman–Crippen MR) is 225 cm³/mol. The van der Waals surface area contributed by atoms with Gasteiger partial charge in [0.1, 0.15) is 5.52 Å². The first-order valence-corrected chi connectivity index (χ1v) is 18.3. The summed E-state index contributed by atoms with van der Waals surface area (Å²) in [4.78, 5) is 7.10. The van der Waals surface area contributed by atoms with Crippen molar-refractivity contribution in [3.63, 3.8) is 0 Å². The lowest BCUT2D eigenvalue weighted by molar-refractivity contribution is 0.623. The maximum atomic E-state index is 6.34. The highest BCUT2D eigenvalue weighted by Crippen LogP contribution is 2.38. The molecule has 0 saturated heterocycles. The fraction of sp³-hybridized carbons (Fsp3) is 0. The van der Waals surface area contributed by atoms with E-state index in [1.165, 1.54) is 33.0 Å². The van der Waals surface area contributed by atoms with Gasteiger partial charge in [0.2, 0.25) is 5.89 Å². The lowest BCUT2D eigenvalue weighted by Crippen LogP contribution is -2.09. The number of oxazole rings is 1. The van der Waals surface area contributed by atoms with Crippen molar-refractivity contribution in [3.05, 3.63) is 206 Å². The number of para-hydroxylation sites is 1. The Labute approximate surface area is 314 Å². The van der Waals surface area contributed by atoms with Crippen molar-refractivity contribution in [2.24, 2.45) is 0 Å². The maximum Gasteiger partial charge on any atom is 0.227 e. The summed E-state index contributed by atoms with van der Waals surface area (Å²) in [7, 11) is 0. The van der Waals surface area contributed by atoms with Crippen LogP contribution in [0.3, 0.4) is 0 Å². The number of fused-ring (bicyclic) bond motifs is 4. The van der Waals surface area contributed by atoms with Gasteiger partial charge in [0.25, 0.3) is 0 Å². The van der Waals surface area contributed by atoms with Crippen LogP contribution in [-0.4, -0.2) is 4.98 Å². The molecular weight excluding hydrogens is 657 g/mol. The molecule has 0 aliphatic rings. The summed E-state index contributed by atoms with van der Waals surface area (Å²) in [5.74, 6) is 0.639. The second-order valence-electron chi connectivity index (χ2n) is 13.6. The highest BCUT2D eigenvalue weighted by molar-refractivity contribution is 6.05. The highest BCUT2D eigenvalue weighted by Gasteiger charge is 2.15. The van der Waals surface area contributed by atoms with Gasteiger partial charge < -0.3 is 9.32 Å². The average Bonchev–Trinajstić information content (AvgIpc) is 3.70. The van der Waals surface area contributed by atoms with Crippen LogP contribution in [0.15, 0.2) is 211 Å². The van der Waals surface area contributed by atoms with Crippen molar-refractivity contribution in [2.75, 3.05) is 4.90 Å². The monoisotopic (exact) mass is 690 g/mol. The van der Waals surface area contributed by atoms with Gasteiger partial charge in [-0.2, -0.15) is 0 Å². The van der Waals surface area contributed by atoms with Crippen molar-refractivity contribution in [3.8, 4) is 44.8 Å². The molecule has 1 heterocycles. The molecule has 0 saturated carbocycles. The van der Waals surface area contributed by atoms with E-state index in [1.807, 2.05) is 36.4 Å². The van der Waals surface area contributed by atoms with E-state index in [4.69, 9.17) is 9.40 Å². The topological polar surface area (TPSA) is 29.3 Å². The SMILES string of the molecule is c1ccc(-c2nc3ccc4ccc(-c5ccc(-c6ccc(N(c7ccccc7)c7ccc(-c8cccc9ccccc89)cc7)cc6)cc5)cc4c3o2)cc1. The Morgan fingerprint density at radius 2 is 0.870 bits per heavy atom. The Kier molecular flexibility index (Phi) is 7.81. The van der Waals surface area contributed by atoms with Crippen molar-refractivity contribution >= 4 is 49.7 Å². The Morgan fingerprint density at radius 1 is 0.352 bits per heavy atom. The van der Waals surface area contributed by atoms with Crippen molar-refractivity contribution in [2.45, 2.75) is 0 Å². The van der Waals surface area contributed by atoms with Crippen molar-refractivity contribution in [1.82, 2.24) is 4.98 Å². The molecule has 254 valence electrons. The third-order valence-corrected chi connectivity index (χ3v) is 10.3. The second-order valence-corrected chi connectivity index (χ2v) is 13.6. The van der Waals surface area contributed by atoms with Gasteiger partial charge in [-0.3, -0.25) is 0 Å². The van der Waals surface area contributed by atoms with Crippen LogP contribution in [-0.2, 0) is 0 Å². The maximum absolute atomic E-state index is 6.34. The van der Waals surface area contributed by atoms with Gasteiger partial charge in [-0.15, -0.1) is 0 Å². The Hall–Kier alpha value is -7.23. The van der Waals surface area contributed by atoms with Crippen LogP contribution in [0.2, 0.25) is 0 Å². The van der Waals surface area contributed by atoms with Gasteiger partial charge in [-0.1, -0.05) is 146 Å². The summed E-state index contributed by atoms with van der Waals surface area (Å²) in [6.07, 6.45) is 0. The zero-order valence-electron chi connectivity index (χ0n) is 29.4. The minimum atomic E-state index is 0.639. The zero-order chi connectivity index (χ0) is 35.8. The van der Waals surface area contributed by atoms with Crippen LogP contribution in [0.4, 0.5) is 17.1 Å². The molecule has 0 spiro atoms. The number of hydrogen-bond acceptors (Lipinski definition) is 3. The molecule has 10 aromatic rings. The van der Waals surface area contributed by atoms with Crippen LogP contribution in [0, 0.1) is 0 Å². The highest BCUT2D eigenvalue weighted by atomic mass is 16.3. The number of aromatic nitrogens is 1. The van der Waals surface area contributed by atoms with Gasteiger partial charge in [-0.05, 0) is 110 Å². The summed E-state index contributed by atoms with van der Waals surface area (Å²) in [6, 6.07) is 73.0. The quantitative estimate of drug-likeness (QED) is 0.167. The molecule has 0 aliphatic carbocycles. The minimum absolute atomic E-state index is 0.639. The van der Waals surface area contributed by atoms with Gasteiger partial charge in [0, 0.05) is 28.0 Å². The standard InChI is InChI=1S/C51H34N2O/c1-3-11-41(12-4-1)51-52-49-33-28-40-22-23-42(34-48(40)50(49)54-51)37-20-18-35(19-21-37)36-24-29-44(30-25-36)53(43-14-5-2-6-15-43)45-31-26-39(27-32-45)47-17-9-13-38-10-7-8-16-46(38)47/h1-34H. The van der Waals surface area contributed by atoms with Crippen LogP contribution in [0.1, 0.15) is 0 Å². The molecule has 9 aromatic carbocycles. The average molecular weight is 691 g/mol. The molecule has 0 bridgehead atoms. The molecule has 0 aliphatic heterocycles. The van der Waals surface area contributed by atoms with E-state index < -0.39 is 0 Å². The third kappa shape index (κ3) is 5.78. The van der Waals surface area contributed by atoms with E-state index in [-0.39, 0.29) is 0 Å². The third-order valence-electron chi connectivity index (χ3n) is 10.3. The molecule has 54 heavy (non-hydrogen) atoms. The van der Waals surface area contributed by atoms with Gasteiger partial charge in [-0.25, -0.2) is 4.98 Å². The molecular formula is C51H34N2O. The first-order chi connectivity index (χ1) is 26.7. The summed E-state index contributed by atoms with van der Waals surface area (Å²) < 4.78 is 6.34. The van der Waals surface area contributed by atoms with Crippen LogP contribution in [0.25, 0.3) is 77.5 Å². The molecule has 3 nitrogen and oxygen atoms in total. The fourth-order valence-electron chi connectivity index (χ4n) is 7.54.